The molecular weight excluding hydrogens is 322 g/mol. The van der Waals surface area contributed by atoms with Crippen LogP contribution >= 0.6 is 11.8 Å². The monoisotopic (exact) mass is 345 g/mol. The summed E-state index contributed by atoms with van der Waals surface area (Å²) >= 11 is 1.91. The fourth-order valence-electron chi connectivity index (χ4n) is 2.72. The van der Waals surface area contributed by atoms with Crippen LogP contribution < -0.4 is 5.32 Å². The van der Waals surface area contributed by atoms with E-state index in [-0.39, 0.29) is 12.1 Å². The van der Waals surface area contributed by atoms with Crippen LogP contribution in [0.4, 0.5) is 10.6 Å². The first-order valence-electron chi connectivity index (χ1n) is 8.30. The Balaban J connectivity index is 1.54. The van der Waals surface area contributed by atoms with Gasteiger partial charge in [-0.3, -0.25) is 15.0 Å². The van der Waals surface area contributed by atoms with Crippen molar-refractivity contribution in [2.24, 2.45) is 0 Å². The summed E-state index contributed by atoms with van der Waals surface area (Å²) in [4.78, 5) is 18.4. The third-order valence-electron chi connectivity index (χ3n) is 4.20. The molecule has 0 aromatic carbocycles. The van der Waals surface area contributed by atoms with Gasteiger partial charge in [-0.25, -0.2) is 4.79 Å². The molecule has 6 nitrogen and oxygen atoms in total. The Morgan fingerprint density at radius 3 is 3.00 bits per heavy atom. The van der Waals surface area contributed by atoms with Gasteiger partial charge in [0.05, 0.1) is 0 Å². The molecule has 2 aromatic rings. The molecule has 1 aliphatic heterocycles. The lowest BCUT2D eigenvalue weighted by molar-refractivity contribution is 0.197. The number of urea groups is 1. The van der Waals surface area contributed by atoms with Crippen molar-refractivity contribution in [2.75, 3.05) is 23.4 Å². The summed E-state index contributed by atoms with van der Waals surface area (Å²) in [5.74, 6) is 2.73. The number of carbonyl (C=O) groups is 1. The van der Waals surface area contributed by atoms with Crippen LogP contribution in [0.3, 0.4) is 0 Å². The van der Waals surface area contributed by atoms with Crippen molar-refractivity contribution >= 4 is 23.6 Å². The van der Waals surface area contributed by atoms with Gasteiger partial charge < -0.3 is 4.90 Å². The topological polar surface area (TPSA) is 63.1 Å². The van der Waals surface area contributed by atoms with Crippen LogP contribution in [0.25, 0.3) is 0 Å². The Labute approximate surface area is 146 Å². The Hall–Kier alpha value is -2.02. The lowest BCUT2D eigenvalue weighted by Crippen LogP contribution is -2.42. The van der Waals surface area contributed by atoms with E-state index in [4.69, 9.17) is 0 Å². The first-order valence-corrected chi connectivity index (χ1v) is 9.45. The molecule has 0 spiro atoms. The van der Waals surface area contributed by atoms with Gasteiger partial charge in [0.15, 0.2) is 5.82 Å². The van der Waals surface area contributed by atoms with Gasteiger partial charge in [-0.1, -0.05) is 0 Å². The zero-order valence-electron chi connectivity index (χ0n) is 13.9. The van der Waals surface area contributed by atoms with E-state index >= 15 is 0 Å². The third kappa shape index (κ3) is 4.50. The predicted octanol–water partition coefficient (Wildman–Crippen LogP) is 2.88. The number of amides is 2. The number of aryl methyl sites for hydroxylation is 2. The summed E-state index contributed by atoms with van der Waals surface area (Å²) in [7, 11) is 0. The quantitative estimate of drug-likeness (QED) is 0.925. The second kappa shape index (κ2) is 8.19. The molecule has 1 atom stereocenters. The van der Waals surface area contributed by atoms with Crippen LogP contribution in [0, 0.1) is 0 Å². The van der Waals surface area contributed by atoms with Crippen molar-refractivity contribution < 1.29 is 4.79 Å². The van der Waals surface area contributed by atoms with Crippen molar-refractivity contribution in [1.82, 2.24) is 19.7 Å². The lowest BCUT2D eigenvalue weighted by atomic mass is 10.2. The zero-order valence-corrected chi connectivity index (χ0v) is 14.7. The summed E-state index contributed by atoms with van der Waals surface area (Å²) < 4.78 is 1.86. The molecule has 1 aliphatic rings. The largest absolute Gasteiger partial charge is 0.323 e. The maximum Gasteiger partial charge on any atom is 0.323 e. The highest BCUT2D eigenvalue weighted by molar-refractivity contribution is 7.99. The van der Waals surface area contributed by atoms with E-state index in [1.807, 2.05) is 45.7 Å². The average molecular weight is 345 g/mol. The number of hydrogen-bond donors (Lipinski definition) is 1. The van der Waals surface area contributed by atoms with E-state index in [9.17, 15) is 4.79 Å². The fraction of sp³-hybridized carbons (Fsp3) is 0.471. The maximum absolute atomic E-state index is 12.5. The number of nitrogens with zero attached hydrogens (tertiary/aromatic N) is 4. The highest BCUT2D eigenvalue weighted by Crippen LogP contribution is 2.17. The lowest BCUT2D eigenvalue weighted by Gasteiger charge is -2.26. The standard InChI is InChI=1S/C17H23N5OS/c1-14-6-12-24-13-11-22(14)17(23)19-16-5-10-21(20-16)9-4-15-2-7-18-8-3-15/h2-3,5,7-8,10,14H,4,6,9,11-13H2,1H3,(H,19,20,23)/t14-/m1/s1. The van der Waals surface area contributed by atoms with E-state index in [0.29, 0.717) is 5.82 Å². The molecule has 0 bridgehead atoms. The molecule has 0 aliphatic carbocycles. The Bertz CT molecular complexity index is 660. The maximum atomic E-state index is 12.5. The molecule has 1 fully saturated rings. The van der Waals surface area contributed by atoms with Crippen molar-refractivity contribution in [3.8, 4) is 0 Å². The Kier molecular flexibility index (Phi) is 5.74. The number of rotatable bonds is 4. The molecule has 1 N–H and O–H groups in total. The highest BCUT2D eigenvalue weighted by Gasteiger charge is 2.22. The van der Waals surface area contributed by atoms with Crippen LogP contribution in [-0.4, -0.2) is 49.8 Å². The van der Waals surface area contributed by atoms with Gasteiger partial charge >= 0.3 is 6.03 Å². The highest BCUT2D eigenvalue weighted by atomic mass is 32.2. The van der Waals surface area contributed by atoms with Gasteiger partial charge in [0.25, 0.3) is 0 Å². The first-order chi connectivity index (χ1) is 11.7. The van der Waals surface area contributed by atoms with Crippen LogP contribution in [0.2, 0.25) is 0 Å². The van der Waals surface area contributed by atoms with Gasteiger partial charge in [-0.2, -0.15) is 16.9 Å². The second-order valence-corrected chi connectivity index (χ2v) is 7.17. The minimum atomic E-state index is -0.0515. The smallest absolute Gasteiger partial charge is 0.321 e. The van der Waals surface area contributed by atoms with Crippen molar-refractivity contribution in [3.05, 3.63) is 42.4 Å². The number of aromatic nitrogens is 3. The van der Waals surface area contributed by atoms with Crippen molar-refractivity contribution in [1.29, 1.82) is 0 Å². The molecule has 3 heterocycles. The Morgan fingerprint density at radius 2 is 2.17 bits per heavy atom. The van der Waals surface area contributed by atoms with Crippen LogP contribution in [-0.2, 0) is 13.0 Å². The number of thioether (sulfide) groups is 1. The molecule has 2 aromatic heterocycles. The minimum Gasteiger partial charge on any atom is -0.321 e. The molecule has 0 radical (unpaired) electrons. The van der Waals surface area contributed by atoms with Crippen molar-refractivity contribution in [2.45, 2.75) is 32.4 Å². The molecule has 7 heteroatoms. The molecule has 2 amide bonds. The summed E-state index contributed by atoms with van der Waals surface area (Å²) in [5.41, 5.74) is 1.22. The van der Waals surface area contributed by atoms with Gasteiger partial charge in [0.2, 0.25) is 0 Å². The molecule has 24 heavy (non-hydrogen) atoms. The molecule has 0 saturated carbocycles. The van der Waals surface area contributed by atoms with Gasteiger partial charge in [0.1, 0.15) is 0 Å². The molecule has 3 rings (SSSR count). The van der Waals surface area contributed by atoms with Gasteiger partial charge in [-0.05, 0) is 43.2 Å². The third-order valence-corrected chi connectivity index (χ3v) is 5.20. The van der Waals surface area contributed by atoms with E-state index in [1.165, 1.54) is 5.56 Å². The van der Waals surface area contributed by atoms with E-state index in [1.54, 1.807) is 12.4 Å². The summed E-state index contributed by atoms with van der Waals surface area (Å²) in [6, 6.07) is 6.08. The fourth-order valence-corrected chi connectivity index (χ4v) is 3.76. The second-order valence-electron chi connectivity index (χ2n) is 5.94. The number of hydrogen-bond acceptors (Lipinski definition) is 4. The summed E-state index contributed by atoms with van der Waals surface area (Å²) in [5, 5.41) is 7.37. The summed E-state index contributed by atoms with van der Waals surface area (Å²) in [6.45, 7) is 3.68. The number of nitrogens with one attached hydrogen (secondary N) is 1. The minimum absolute atomic E-state index is 0.0515. The molecule has 1 saturated heterocycles. The van der Waals surface area contributed by atoms with Gasteiger partial charge in [-0.15, -0.1) is 0 Å². The Morgan fingerprint density at radius 1 is 1.33 bits per heavy atom. The van der Waals surface area contributed by atoms with Crippen LogP contribution in [0.15, 0.2) is 36.8 Å². The normalized spacial score (nSPS) is 18.2. The van der Waals surface area contributed by atoms with Gasteiger partial charge in [0, 0.05) is 49.5 Å². The number of carbonyl (C=O) groups excluding carboxylic acids is 1. The SMILES string of the molecule is C[C@@H]1CCSCCN1C(=O)Nc1ccn(CCc2ccncc2)n1. The number of pyridine rings is 1. The van der Waals surface area contributed by atoms with Crippen molar-refractivity contribution in [3.63, 3.8) is 0 Å². The summed E-state index contributed by atoms with van der Waals surface area (Å²) in [6.07, 6.45) is 7.42. The van der Waals surface area contributed by atoms with Crippen LogP contribution in [0.5, 0.6) is 0 Å². The van der Waals surface area contributed by atoms with Crippen LogP contribution in [0.1, 0.15) is 18.9 Å². The van der Waals surface area contributed by atoms with E-state index in [2.05, 4.69) is 22.3 Å². The van der Waals surface area contributed by atoms with E-state index in [0.717, 1.165) is 37.4 Å². The van der Waals surface area contributed by atoms with E-state index < -0.39 is 0 Å². The molecule has 0 unspecified atom stereocenters. The first kappa shape index (κ1) is 16.8. The average Bonchev–Trinajstić information content (AvgIpc) is 2.92. The molecule has 128 valence electrons. The molecular formula is C17H23N5OS. The number of anilines is 1. The zero-order chi connectivity index (χ0) is 16.8. The predicted molar refractivity (Wildman–Crippen MR) is 97.3 cm³/mol.